The van der Waals surface area contributed by atoms with Crippen LogP contribution in [-0.2, 0) is 28.6 Å². The molecule has 0 N–H and O–H groups in total. The highest BCUT2D eigenvalue weighted by molar-refractivity contribution is 5.71. The smallest absolute Gasteiger partial charge is 0.306 e. The van der Waals surface area contributed by atoms with Gasteiger partial charge in [-0.15, -0.1) is 0 Å². The van der Waals surface area contributed by atoms with E-state index >= 15 is 0 Å². The molecule has 0 fully saturated rings. The zero-order valence-electron chi connectivity index (χ0n) is 37.3. The van der Waals surface area contributed by atoms with Crippen molar-refractivity contribution >= 4 is 17.9 Å². The molecule has 0 aromatic heterocycles. The molecule has 0 amide bonds. The molecule has 0 aliphatic carbocycles. The average Bonchev–Trinajstić information content (AvgIpc) is 3.22. The summed E-state index contributed by atoms with van der Waals surface area (Å²) in [6.07, 6.45) is 60.0. The molecule has 0 heterocycles. The second-order valence-electron chi connectivity index (χ2n) is 14.9. The molecule has 0 radical (unpaired) electrons. The molecule has 1 atom stereocenters. The molecule has 6 nitrogen and oxygen atoms in total. The van der Waals surface area contributed by atoms with Crippen LogP contribution in [0.3, 0.4) is 0 Å². The summed E-state index contributed by atoms with van der Waals surface area (Å²) < 4.78 is 16.5. The summed E-state index contributed by atoms with van der Waals surface area (Å²) in [5.74, 6) is -0.997. The van der Waals surface area contributed by atoms with E-state index in [0.717, 1.165) is 116 Å². The van der Waals surface area contributed by atoms with E-state index in [-0.39, 0.29) is 37.5 Å². The first-order chi connectivity index (χ1) is 28.5. The quantitative estimate of drug-likeness (QED) is 0.0266. The predicted molar refractivity (Wildman–Crippen MR) is 247 cm³/mol. The average molecular weight is 805 g/mol. The van der Waals surface area contributed by atoms with Gasteiger partial charge in [0.05, 0.1) is 0 Å². The molecule has 6 heteroatoms. The molecule has 0 spiro atoms. The SMILES string of the molecule is CC/C=C\C/C=C\C/C=C\C/C=C\C/C=C\C/C=C\C/C=C\CCCC(=O)OCC(COC(=O)CCCCCCC)OC(=O)CCCCCCC/C=C\CCCCC. The molecule has 0 saturated heterocycles. The molecule has 0 aliphatic heterocycles. The van der Waals surface area contributed by atoms with Crippen LogP contribution in [0.15, 0.2) is 97.2 Å². The zero-order valence-corrected chi connectivity index (χ0v) is 37.3. The summed E-state index contributed by atoms with van der Waals surface area (Å²) in [6.45, 7) is 6.33. The number of esters is 3. The van der Waals surface area contributed by atoms with Gasteiger partial charge in [0.15, 0.2) is 6.10 Å². The van der Waals surface area contributed by atoms with Gasteiger partial charge in [0.25, 0.3) is 0 Å². The summed E-state index contributed by atoms with van der Waals surface area (Å²) in [4.78, 5) is 37.5. The molecule has 1 unspecified atom stereocenters. The highest BCUT2D eigenvalue weighted by atomic mass is 16.6. The molecule has 0 rings (SSSR count). The summed E-state index contributed by atoms with van der Waals surface area (Å²) in [5, 5.41) is 0. The maximum absolute atomic E-state index is 12.6. The van der Waals surface area contributed by atoms with Crippen LogP contribution in [0.1, 0.15) is 194 Å². The van der Waals surface area contributed by atoms with Gasteiger partial charge >= 0.3 is 17.9 Å². The molecule has 328 valence electrons. The number of allylic oxidation sites excluding steroid dienone is 16. The van der Waals surface area contributed by atoms with Crippen LogP contribution in [-0.4, -0.2) is 37.2 Å². The van der Waals surface area contributed by atoms with Crippen molar-refractivity contribution in [1.82, 2.24) is 0 Å². The van der Waals surface area contributed by atoms with Crippen molar-refractivity contribution in [1.29, 1.82) is 0 Å². The topological polar surface area (TPSA) is 78.9 Å². The Labute approximate surface area is 356 Å². The standard InChI is InChI=1S/C52H84O6/c1-4-7-10-13-15-17-19-21-22-23-24-25-26-27-28-29-30-31-33-34-36-39-42-45-51(54)57-48-49(47-56-50(53)44-41-38-12-9-6-3)58-52(55)46-43-40-37-35-32-20-18-16-14-11-8-5-2/h7,10,15-18,21-22,24-25,27-28,30-31,34,36,49H,4-6,8-9,11-14,19-20,23,26,29,32-33,35,37-48H2,1-3H3/b10-7-,17-15-,18-16-,22-21-,25-24-,28-27-,31-30-,36-34-. The number of carbonyl (C=O) groups is 3. The monoisotopic (exact) mass is 805 g/mol. The maximum atomic E-state index is 12.6. The third kappa shape index (κ3) is 43.5. The lowest BCUT2D eigenvalue weighted by molar-refractivity contribution is -0.167. The van der Waals surface area contributed by atoms with Crippen LogP contribution >= 0.6 is 0 Å². The fourth-order valence-corrected chi connectivity index (χ4v) is 5.83. The highest BCUT2D eigenvalue weighted by Crippen LogP contribution is 2.12. The second kappa shape index (κ2) is 46.0. The van der Waals surface area contributed by atoms with Gasteiger partial charge in [-0.2, -0.15) is 0 Å². The van der Waals surface area contributed by atoms with E-state index in [1.165, 1.54) is 32.1 Å². The van der Waals surface area contributed by atoms with Crippen LogP contribution in [0.2, 0.25) is 0 Å². The molecular formula is C52H84O6. The van der Waals surface area contributed by atoms with E-state index in [2.05, 4.69) is 118 Å². The number of unbranched alkanes of at least 4 members (excludes halogenated alkanes) is 13. The highest BCUT2D eigenvalue weighted by Gasteiger charge is 2.19. The second-order valence-corrected chi connectivity index (χ2v) is 14.9. The molecular weight excluding hydrogens is 721 g/mol. The number of rotatable bonds is 40. The van der Waals surface area contributed by atoms with E-state index in [4.69, 9.17) is 14.2 Å². The third-order valence-electron chi connectivity index (χ3n) is 9.32. The Bertz CT molecular complexity index is 1200. The van der Waals surface area contributed by atoms with Gasteiger partial charge in [-0.25, -0.2) is 0 Å². The normalized spacial score (nSPS) is 12.9. The van der Waals surface area contributed by atoms with Crippen LogP contribution in [0.5, 0.6) is 0 Å². The van der Waals surface area contributed by atoms with Gasteiger partial charge in [-0.3, -0.25) is 14.4 Å². The zero-order chi connectivity index (χ0) is 42.3. The summed E-state index contributed by atoms with van der Waals surface area (Å²) >= 11 is 0. The first-order valence-corrected chi connectivity index (χ1v) is 23.2. The molecule has 0 aromatic rings. The van der Waals surface area contributed by atoms with Gasteiger partial charge in [-0.1, -0.05) is 176 Å². The van der Waals surface area contributed by atoms with E-state index in [1.807, 2.05) is 0 Å². The van der Waals surface area contributed by atoms with Crippen molar-refractivity contribution in [2.75, 3.05) is 13.2 Å². The largest absolute Gasteiger partial charge is 0.462 e. The predicted octanol–water partition coefficient (Wildman–Crippen LogP) is 15.0. The fourth-order valence-electron chi connectivity index (χ4n) is 5.83. The molecule has 0 aliphatic rings. The Kier molecular flexibility index (Phi) is 43.1. The first-order valence-electron chi connectivity index (χ1n) is 23.2. The summed E-state index contributed by atoms with van der Waals surface area (Å²) in [7, 11) is 0. The van der Waals surface area contributed by atoms with Gasteiger partial charge in [-0.05, 0) is 96.3 Å². The van der Waals surface area contributed by atoms with Crippen LogP contribution in [0.4, 0.5) is 0 Å². The Hall–Kier alpha value is -3.67. The molecule has 0 saturated carbocycles. The Morgan fingerprint density at radius 2 is 0.690 bits per heavy atom. The number of hydrogen-bond acceptors (Lipinski definition) is 6. The Morgan fingerprint density at radius 1 is 0.362 bits per heavy atom. The Morgan fingerprint density at radius 3 is 1.17 bits per heavy atom. The van der Waals surface area contributed by atoms with Crippen molar-refractivity contribution in [3.8, 4) is 0 Å². The van der Waals surface area contributed by atoms with Crippen molar-refractivity contribution in [2.45, 2.75) is 200 Å². The minimum Gasteiger partial charge on any atom is -0.462 e. The van der Waals surface area contributed by atoms with E-state index in [9.17, 15) is 14.4 Å². The van der Waals surface area contributed by atoms with Crippen molar-refractivity contribution < 1.29 is 28.6 Å². The van der Waals surface area contributed by atoms with Gasteiger partial charge < -0.3 is 14.2 Å². The van der Waals surface area contributed by atoms with Gasteiger partial charge in [0.2, 0.25) is 0 Å². The number of carbonyl (C=O) groups excluding carboxylic acids is 3. The Balaban J connectivity index is 4.32. The summed E-state index contributed by atoms with van der Waals surface area (Å²) in [5.41, 5.74) is 0. The maximum Gasteiger partial charge on any atom is 0.306 e. The van der Waals surface area contributed by atoms with Crippen molar-refractivity contribution in [2.24, 2.45) is 0 Å². The van der Waals surface area contributed by atoms with Gasteiger partial charge in [0, 0.05) is 19.3 Å². The third-order valence-corrected chi connectivity index (χ3v) is 9.32. The van der Waals surface area contributed by atoms with Crippen LogP contribution < -0.4 is 0 Å². The summed E-state index contributed by atoms with van der Waals surface area (Å²) in [6, 6.07) is 0. The number of hydrogen-bond donors (Lipinski definition) is 0. The van der Waals surface area contributed by atoms with Crippen LogP contribution in [0, 0.1) is 0 Å². The molecule has 0 aromatic carbocycles. The van der Waals surface area contributed by atoms with Crippen LogP contribution in [0.25, 0.3) is 0 Å². The number of ether oxygens (including phenoxy) is 3. The van der Waals surface area contributed by atoms with E-state index in [1.54, 1.807) is 0 Å². The lowest BCUT2D eigenvalue weighted by Gasteiger charge is -2.18. The van der Waals surface area contributed by atoms with Crippen molar-refractivity contribution in [3.63, 3.8) is 0 Å². The minimum absolute atomic E-state index is 0.101. The van der Waals surface area contributed by atoms with Gasteiger partial charge in [0.1, 0.15) is 13.2 Å². The lowest BCUT2D eigenvalue weighted by Crippen LogP contribution is -2.30. The minimum atomic E-state index is -0.800. The van der Waals surface area contributed by atoms with E-state index in [0.29, 0.717) is 19.3 Å². The molecule has 0 bridgehead atoms. The molecule has 58 heavy (non-hydrogen) atoms. The lowest BCUT2D eigenvalue weighted by atomic mass is 10.1. The fraction of sp³-hybridized carbons (Fsp3) is 0.635. The van der Waals surface area contributed by atoms with E-state index < -0.39 is 6.10 Å². The first kappa shape index (κ1) is 54.3. The van der Waals surface area contributed by atoms with Crippen molar-refractivity contribution in [3.05, 3.63) is 97.2 Å².